The first-order valence-electron chi connectivity index (χ1n) is 5.90. The van der Waals surface area contributed by atoms with E-state index < -0.39 is 10.8 Å². The molecule has 0 aromatic carbocycles. The fourth-order valence-electron chi connectivity index (χ4n) is 1.42. The van der Waals surface area contributed by atoms with E-state index >= 15 is 0 Å². The van der Waals surface area contributed by atoms with E-state index in [1.165, 1.54) is 10.9 Å². The lowest BCUT2D eigenvalue weighted by Crippen LogP contribution is -2.26. The highest BCUT2D eigenvalue weighted by Gasteiger charge is 2.10. The van der Waals surface area contributed by atoms with Crippen LogP contribution in [0.2, 0.25) is 0 Å². The molecule has 0 radical (unpaired) electrons. The number of nitrogens with one attached hydrogen (secondary N) is 1. The minimum absolute atomic E-state index is 0.106. The van der Waals surface area contributed by atoms with Gasteiger partial charge < -0.3 is 10.4 Å². The Morgan fingerprint density at radius 2 is 2.32 bits per heavy atom. The molecule has 0 aliphatic heterocycles. The molecule has 0 fully saturated rings. The van der Waals surface area contributed by atoms with Crippen LogP contribution in [0.25, 0.3) is 0 Å². The van der Waals surface area contributed by atoms with Crippen LogP contribution in [0.1, 0.15) is 13.3 Å². The Kier molecular flexibility index (Phi) is 6.67. The van der Waals surface area contributed by atoms with Crippen molar-refractivity contribution in [3.8, 4) is 0 Å². The van der Waals surface area contributed by atoms with Crippen molar-refractivity contribution in [2.75, 3.05) is 24.7 Å². The smallest absolute Gasteiger partial charge is 0.283 e. The quantitative estimate of drug-likeness (QED) is 0.750. The molecule has 6 nitrogen and oxygen atoms in total. The van der Waals surface area contributed by atoms with E-state index in [0.717, 1.165) is 6.42 Å². The molecule has 0 aliphatic carbocycles. The van der Waals surface area contributed by atoms with Gasteiger partial charge in [0.2, 0.25) is 0 Å². The average molecular weight is 352 g/mol. The summed E-state index contributed by atoms with van der Waals surface area (Å²) in [5.41, 5.74) is 0.319. The lowest BCUT2D eigenvalue weighted by atomic mass is 10.3. The summed E-state index contributed by atoms with van der Waals surface area (Å²) in [7, 11) is -0.845. The van der Waals surface area contributed by atoms with E-state index in [1.54, 1.807) is 6.26 Å². The zero-order valence-electron chi connectivity index (χ0n) is 10.9. The zero-order valence-corrected chi connectivity index (χ0v) is 13.3. The molecule has 0 saturated heterocycles. The molecule has 2 N–H and O–H groups in total. The number of hydrogen-bond acceptors (Lipinski definition) is 5. The molecule has 0 spiro atoms. The highest BCUT2D eigenvalue weighted by Crippen LogP contribution is 2.16. The number of rotatable bonds is 7. The van der Waals surface area contributed by atoms with Gasteiger partial charge in [-0.1, -0.05) is 6.92 Å². The summed E-state index contributed by atoms with van der Waals surface area (Å²) in [6.07, 6.45) is 3.96. The lowest BCUT2D eigenvalue weighted by Gasteiger charge is -2.12. The number of halogens is 1. The molecule has 1 rings (SSSR count). The summed E-state index contributed by atoms with van der Waals surface area (Å²) >= 11 is 3.22. The predicted octanol–water partition coefficient (Wildman–Crippen LogP) is 0.567. The van der Waals surface area contributed by atoms with Crippen molar-refractivity contribution in [3.05, 3.63) is 21.0 Å². The Labute approximate surface area is 122 Å². The molecule has 108 valence electrons. The summed E-state index contributed by atoms with van der Waals surface area (Å²) in [5.74, 6) is 0. The molecule has 0 saturated carbocycles. The second kappa shape index (κ2) is 7.76. The summed E-state index contributed by atoms with van der Waals surface area (Å²) in [4.78, 5) is 11.8. The summed E-state index contributed by atoms with van der Waals surface area (Å²) < 4.78 is 12.8. The van der Waals surface area contributed by atoms with Gasteiger partial charge in [-0.05, 0) is 22.4 Å². The second-order valence-corrected chi connectivity index (χ2v) is 6.74. The molecular formula is C11H18BrN3O3S. The first-order valence-corrected chi connectivity index (χ1v) is 8.31. The third kappa shape index (κ3) is 4.70. The maximum atomic E-state index is 11.8. The second-order valence-electron chi connectivity index (χ2n) is 4.15. The van der Waals surface area contributed by atoms with Crippen LogP contribution in [0, 0.1) is 0 Å². The molecule has 19 heavy (non-hydrogen) atoms. The van der Waals surface area contributed by atoms with Gasteiger partial charge in [0.05, 0.1) is 25.0 Å². The number of hydrogen-bond donors (Lipinski definition) is 2. The Hall–Kier alpha value is -0.730. The van der Waals surface area contributed by atoms with Gasteiger partial charge in [-0.3, -0.25) is 9.00 Å². The number of nitrogens with zero attached hydrogens (tertiary/aromatic N) is 2. The molecule has 0 bridgehead atoms. The van der Waals surface area contributed by atoms with Crippen molar-refractivity contribution >= 4 is 32.4 Å². The van der Waals surface area contributed by atoms with Gasteiger partial charge in [0.1, 0.15) is 4.47 Å². The van der Waals surface area contributed by atoms with Gasteiger partial charge in [0.15, 0.2) is 0 Å². The highest BCUT2D eigenvalue weighted by molar-refractivity contribution is 9.10. The van der Waals surface area contributed by atoms with Gasteiger partial charge in [0.25, 0.3) is 5.56 Å². The maximum Gasteiger partial charge on any atom is 0.283 e. The number of aromatic nitrogens is 2. The van der Waals surface area contributed by atoms with Gasteiger partial charge >= 0.3 is 0 Å². The SMILES string of the molecule is CC(CCNc1cnn(CCO)c(=O)c1Br)S(C)=O. The zero-order chi connectivity index (χ0) is 14.4. The van der Waals surface area contributed by atoms with Crippen molar-refractivity contribution in [1.82, 2.24) is 9.78 Å². The Balaban J connectivity index is 2.68. The molecule has 1 aromatic heterocycles. The molecule has 1 aromatic rings. The van der Waals surface area contributed by atoms with Crippen molar-refractivity contribution < 1.29 is 9.32 Å². The Morgan fingerprint density at radius 1 is 1.63 bits per heavy atom. The highest BCUT2D eigenvalue weighted by atomic mass is 79.9. The van der Waals surface area contributed by atoms with E-state index in [1.807, 2.05) is 6.92 Å². The van der Waals surface area contributed by atoms with Gasteiger partial charge in [-0.25, -0.2) is 4.68 Å². The molecule has 1 heterocycles. The van der Waals surface area contributed by atoms with Gasteiger partial charge in [0, 0.05) is 28.9 Å². The van der Waals surface area contributed by atoms with E-state index in [0.29, 0.717) is 16.7 Å². The number of anilines is 1. The first kappa shape index (κ1) is 16.3. The van der Waals surface area contributed by atoms with Crippen molar-refractivity contribution in [2.45, 2.75) is 25.1 Å². The number of aliphatic hydroxyl groups is 1. The molecular weight excluding hydrogens is 334 g/mol. The Morgan fingerprint density at radius 3 is 2.89 bits per heavy atom. The van der Waals surface area contributed by atoms with Crippen LogP contribution >= 0.6 is 15.9 Å². The van der Waals surface area contributed by atoms with Crippen molar-refractivity contribution in [3.63, 3.8) is 0 Å². The van der Waals surface area contributed by atoms with Crippen LogP contribution in [-0.2, 0) is 17.3 Å². The van der Waals surface area contributed by atoms with Crippen LogP contribution in [0.5, 0.6) is 0 Å². The largest absolute Gasteiger partial charge is 0.394 e. The van der Waals surface area contributed by atoms with Crippen LogP contribution in [-0.4, -0.2) is 43.8 Å². The summed E-state index contributed by atoms with van der Waals surface area (Å²) in [6, 6.07) is 0. The molecule has 0 aliphatic rings. The number of aliphatic hydroxyl groups excluding tert-OH is 1. The first-order chi connectivity index (χ1) is 8.97. The van der Waals surface area contributed by atoms with Crippen LogP contribution < -0.4 is 10.9 Å². The third-order valence-electron chi connectivity index (χ3n) is 2.73. The van der Waals surface area contributed by atoms with E-state index in [9.17, 15) is 9.00 Å². The van der Waals surface area contributed by atoms with Crippen LogP contribution in [0.3, 0.4) is 0 Å². The molecule has 0 amide bonds. The third-order valence-corrected chi connectivity index (χ3v) is 4.86. The van der Waals surface area contributed by atoms with Gasteiger partial charge in [-0.2, -0.15) is 5.10 Å². The lowest BCUT2D eigenvalue weighted by molar-refractivity contribution is 0.266. The van der Waals surface area contributed by atoms with E-state index in [2.05, 4.69) is 26.3 Å². The minimum atomic E-state index is -0.845. The minimum Gasteiger partial charge on any atom is -0.394 e. The predicted molar refractivity (Wildman–Crippen MR) is 79.9 cm³/mol. The standard InChI is InChI=1S/C11H18BrN3O3S/c1-8(19(2)18)3-4-13-9-7-14-15(5-6-16)11(17)10(9)12/h7-8,13,16H,3-6H2,1-2H3. The maximum absolute atomic E-state index is 11.8. The van der Waals surface area contributed by atoms with Crippen LogP contribution in [0.4, 0.5) is 5.69 Å². The molecule has 8 heteroatoms. The normalized spacial score (nSPS) is 14.1. The monoisotopic (exact) mass is 351 g/mol. The summed E-state index contributed by atoms with van der Waals surface area (Å²) in [5, 5.41) is 15.9. The van der Waals surface area contributed by atoms with E-state index in [-0.39, 0.29) is 24.0 Å². The molecule has 2 unspecified atom stereocenters. The van der Waals surface area contributed by atoms with Crippen molar-refractivity contribution in [1.29, 1.82) is 0 Å². The fraction of sp³-hybridized carbons (Fsp3) is 0.636. The fourth-order valence-corrected chi connectivity index (χ4v) is 2.32. The van der Waals surface area contributed by atoms with Crippen molar-refractivity contribution in [2.24, 2.45) is 0 Å². The molecule has 2 atom stereocenters. The van der Waals surface area contributed by atoms with Gasteiger partial charge in [-0.15, -0.1) is 0 Å². The van der Waals surface area contributed by atoms with E-state index in [4.69, 9.17) is 5.11 Å². The Bertz CT molecular complexity index is 506. The average Bonchev–Trinajstić information content (AvgIpc) is 2.37. The summed E-state index contributed by atoms with van der Waals surface area (Å²) in [6.45, 7) is 2.57. The topological polar surface area (TPSA) is 84.2 Å². The van der Waals surface area contributed by atoms with Crippen LogP contribution in [0.15, 0.2) is 15.5 Å².